The molecule has 6 nitrogen and oxygen atoms in total. The highest BCUT2D eigenvalue weighted by Crippen LogP contribution is 2.23. The van der Waals surface area contributed by atoms with Crippen molar-refractivity contribution >= 4 is 5.91 Å². The van der Waals surface area contributed by atoms with Gasteiger partial charge in [-0.05, 0) is 19.3 Å². The molecule has 0 spiro atoms. The highest BCUT2D eigenvalue weighted by Gasteiger charge is 2.25. The number of imidazole rings is 1. The van der Waals surface area contributed by atoms with Crippen LogP contribution in [0.1, 0.15) is 56.2 Å². The molecule has 2 aromatic heterocycles. The average molecular weight is 316 g/mol. The lowest BCUT2D eigenvalue weighted by Crippen LogP contribution is -2.34. The van der Waals surface area contributed by atoms with Gasteiger partial charge in [-0.15, -0.1) is 0 Å². The van der Waals surface area contributed by atoms with Crippen LogP contribution in [-0.4, -0.2) is 20.6 Å². The Labute approximate surface area is 136 Å². The van der Waals surface area contributed by atoms with E-state index < -0.39 is 0 Å². The van der Waals surface area contributed by atoms with Crippen LogP contribution in [0.25, 0.3) is 0 Å². The van der Waals surface area contributed by atoms with E-state index in [-0.39, 0.29) is 11.8 Å². The Balaban J connectivity index is 1.53. The molecule has 0 saturated heterocycles. The molecule has 1 N–H and O–H groups in total. The number of amides is 1. The van der Waals surface area contributed by atoms with Crippen molar-refractivity contribution in [3.63, 3.8) is 0 Å². The minimum atomic E-state index is 0.0145. The number of nitrogens with one attached hydrogen (secondary N) is 1. The molecule has 6 heteroatoms. The molecule has 0 bridgehead atoms. The van der Waals surface area contributed by atoms with Crippen molar-refractivity contribution < 1.29 is 9.32 Å². The molecule has 0 aliphatic carbocycles. The number of carbonyl (C=O) groups excluding carboxylic acids is 1. The van der Waals surface area contributed by atoms with Gasteiger partial charge in [0.15, 0.2) is 5.76 Å². The minimum Gasteiger partial charge on any atom is -0.359 e. The first-order valence-electron chi connectivity index (χ1n) is 8.43. The summed E-state index contributed by atoms with van der Waals surface area (Å²) in [6.45, 7) is 5.56. The summed E-state index contributed by atoms with van der Waals surface area (Å²) in [6.07, 6.45) is 7.37. The van der Waals surface area contributed by atoms with Gasteiger partial charge in [-0.1, -0.05) is 19.0 Å². The van der Waals surface area contributed by atoms with Gasteiger partial charge in [0.1, 0.15) is 0 Å². The molecule has 3 rings (SSSR count). The second-order valence-electron chi connectivity index (χ2n) is 6.22. The second kappa shape index (κ2) is 6.98. The zero-order valence-electron chi connectivity index (χ0n) is 13.8. The molecule has 0 aromatic carbocycles. The number of aryl methyl sites for hydroxylation is 1. The SMILES string of the molecule is CCC(CC)c1cc(CNC(=O)[C@@H]2CCn3cncc3C2)on1. The normalized spacial score (nSPS) is 17.3. The maximum absolute atomic E-state index is 12.4. The van der Waals surface area contributed by atoms with Crippen molar-refractivity contribution in [2.24, 2.45) is 5.92 Å². The van der Waals surface area contributed by atoms with E-state index in [9.17, 15) is 4.79 Å². The van der Waals surface area contributed by atoms with Gasteiger partial charge >= 0.3 is 0 Å². The molecule has 0 fully saturated rings. The Bertz CT molecular complexity index is 657. The van der Waals surface area contributed by atoms with Crippen LogP contribution >= 0.6 is 0 Å². The number of nitrogens with zero attached hydrogens (tertiary/aromatic N) is 3. The van der Waals surface area contributed by atoms with Gasteiger partial charge in [-0.25, -0.2) is 4.98 Å². The first-order valence-corrected chi connectivity index (χ1v) is 8.43. The van der Waals surface area contributed by atoms with Crippen LogP contribution in [0.15, 0.2) is 23.1 Å². The summed E-state index contributed by atoms with van der Waals surface area (Å²) in [5.74, 6) is 1.25. The molecule has 1 aliphatic heterocycles. The lowest BCUT2D eigenvalue weighted by atomic mass is 9.95. The molecule has 1 aliphatic rings. The van der Waals surface area contributed by atoms with Crippen LogP contribution in [0.2, 0.25) is 0 Å². The molecule has 23 heavy (non-hydrogen) atoms. The third-order valence-electron chi connectivity index (χ3n) is 4.76. The van der Waals surface area contributed by atoms with Crippen molar-refractivity contribution in [2.45, 2.75) is 58.5 Å². The maximum Gasteiger partial charge on any atom is 0.223 e. The number of carbonyl (C=O) groups is 1. The molecular weight excluding hydrogens is 292 g/mol. The summed E-state index contributed by atoms with van der Waals surface area (Å²) in [4.78, 5) is 16.5. The summed E-state index contributed by atoms with van der Waals surface area (Å²) >= 11 is 0. The number of rotatable bonds is 6. The summed E-state index contributed by atoms with van der Waals surface area (Å²) in [5, 5.41) is 7.11. The summed E-state index contributed by atoms with van der Waals surface area (Å²) in [6, 6.07) is 1.97. The first kappa shape index (κ1) is 15.8. The number of aromatic nitrogens is 3. The minimum absolute atomic E-state index is 0.0145. The quantitative estimate of drug-likeness (QED) is 0.889. The number of hydrogen-bond acceptors (Lipinski definition) is 4. The van der Waals surface area contributed by atoms with E-state index >= 15 is 0 Å². The Morgan fingerprint density at radius 3 is 3.09 bits per heavy atom. The fourth-order valence-corrected chi connectivity index (χ4v) is 3.22. The van der Waals surface area contributed by atoms with Crippen LogP contribution in [0.3, 0.4) is 0 Å². The Hall–Kier alpha value is -2.11. The molecule has 1 amide bonds. The van der Waals surface area contributed by atoms with Gasteiger partial charge in [0, 0.05) is 42.8 Å². The third kappa shape index (κ3) is 3.46. The van der Waals surface area contributed by atoms with E-state index in [1.54, 1.807) is 0 Å². The summed E-state index contributed by atoms with van der Waals surface area (Å²) in [5.41, 5.74) is 2.12. The first-order chi connectivity index (χ1) is 11.2. The van der Waals surface area contributed by atoms with Gasteiger partial charge in [0.05, 0.1) is 18.6 Å². The predicted molar refractivity (Wildman–Crippen MR) is 85.7 cm³/mol. The van der Waals surface area contributed by atoms with Crippen molar-refractivity contribution in [2.75, 3.05) is 0 Å². The molecule has 2 aromatic rings. The van der Waals surface area contributed by atoms with Gasteiger partial charge in [-0.3, -0.25) is 4.79 Å². The smallest absolute Gasteiger partial charge is 0.223 e. The van der Waals surface area contributed by atoms with Gasteiger partial charge in [-0.2, -0.15) is 0 Å². The standard InChI is InChI=1S/C17H24N4O2/c1-3-12(4-2)16-8-15(23-20-16)10-19-17(22)13-5-6-21-11-18-9-14(21)7-13/h8-9,11-13H,3-7,10H2,1-2H3,(H,19,22)/t13-/m1/s1. The fourth-order valence-electron chi connectivity index (χ4n) is 3.22. The van der Waals surface area contributed by atoms with Crippen LogP contribution in [0, 0.1) is 5.92 Å². The highest BCUT2D eigenvalue weighted by atomic mass is 16.5. The fraction of sp³-hybridized carbons (Fsp3) is 0.588. The lowest BCUT2D eigenvalue weighted by molar-refractivity contribution is -0.125. The van der Waals surface area contributed by atoms with E-state index in [1.165, 1.54) is 0 Å². The highest BCUT2D eigenvalue weighted by molar-refractivity contribution is 5.78. The van der Waals surface area contributed by atoms with Crippen molar-refractivity contribution in [1.29, 1.82) is 0 Å². The van der Waals surface area contributed by atoms with Crippen molar-refractivity contribution in [3.05, 3.63) is 35.7 Å². The van der Waals surface area contributed by atoms with Crippen LogP contribution in [0.4, 0.5) is 0 Å². The Kier molecular flexibility index (Phi) is 4.79. The van der Waals surface area contributed by atoms with Gasteiger partial charge in [0.2, 0.25) is 5.91 Å². The topological polar surface area (TPSA) is 73.0 Å². The third-order valence-corrected chi connectivity index (χ3v) is 4.76. The summed E-state index contributed by atoms with van der Waals surface area (Å²) < 4.78 is 7.47. The Morgan fingerprint density at radius 1 is 1.48 bits per heavy atom. The Morgan fingerprint density at radius 2 is 2.30 bits per heavy atom. The van der Waals surface area contributed by atoms with Crippen LogP contribution in [-0.2, 0) is 24.3 Å². The van der Waals surface area contributed by atoms with Crippen LogP contribution in [0.5, 0.6) is 0 Å². The van der Waals surface area contributed by atoms with Crippen LogP contribution < -0.4 is 5.32 Å². The average Bonchev–Trinajstić information content (AvgIpc) is 3.22. The maximum atomic E-state index is 12.4. The number of fused-ring (bicyclic) bond motifs is 1. The molecule has 0 radical (unpaired) electrons. The largest absolute Gasteiger partial charge is 0.359 e. The molecule has 3 heterocycles. The summed E-state index contributed by atoms with van der Waals surface area (Å²) in [7, 11) is 0. The zero-order valence-corrected chi connectivity index (χ0v) is 13.8. The zero-order chi connectivity index (χ0) is 16.2. The van der Waals surface area contributed by atoms with E-state index in [1.807, 2.05) is 18.6 Å². The monoisotopic (exact) mass is 316 g/mol. The molecule has 1 atom stereocenters. The van der Waals surface area contributed by atoms with Crippen molar-refractivity contribution in [3.8, 4) is 0 Å². The molecular formula is C17H24N4O2. The van der Waals surface area contributed by atoms with E-state index in [0.717, 1.165) is 49.4 Å². The lowest BCUT2D eigenvalue weighted by Gasteiger charge is -2.22. The van der Waals surface area contributed by atoms with E-state index in [2.05, 4.69) is 33.9 Å². The number of hydrogen-bond donors (Lipinski definition) is 1. The van der Waals surface area contributed by atoms with Gasteiger partial charge < -0.3 is 14.4 Å². The molecule has 0 saturated carbocycles. The predicted octanol–water partition coefficient (Wildman–Crippen LogP) is 2.65. The van der Waals surface area contributed by atoms with E-state index in [4.69, 9.17) is 4.52 Å². The second-order valence-corrected chi connectivity index (χ2v) is 6.22. The van der Waals surface area contributed by atoms with Crippen molar-refractivity contribution in [1.82, 2.24) is 20.0 Å². The van der Waals surface area contributed by atoms with Gasteiger partial charge in [0.25, 0.3) is 0 Å². The van der Waals surface area contributed by atoms with E-state index in [0.29, 0.717) is 12.5 Å². The molecule has 0 unspecified atom stereocenters. The molecule has 124 valence electrons.